The van der Waals surface area contributed by atoms with Crippen LogP contribution in [0.15, 0.2) is 47.6 Å². The van der Waals surface area contributed by atoms with Gasteiger partial charge in [-0.25, -0.2) is 4.79 Å². The van der Waals surface area contributed by atoms with Gasteiger partial charge in [0.15, 0.2) is 5.78 Å². The van der Waals surface area contributed by atoms with Crippen LogP contribution in [0.3, 0.4) is 0 Å². The lowest BCUT2D eigenvalue weighted by molar-refractivity contribution is -0.266. The first-order chi connectivity index (χ1) is 34.7. The molecule has 1 saturated carbocycles. The first-order valence-electron chi connectivity index (χ1n) is 26.8. The van der Waals surface area contributed by atoms with Crippen LogP contribution in [0.1, 0.15) is 119 Å². The fraction of sp³-hybridized carbons (Fsp3) is 0.750. The van der Waals surface area contributed by atoms with Gasteiger partial charge in [0.25, 0.3) is 11.7 Å². The number of aliphatic hydroxyl groups is 3. The van der Waals surface area contributed by atoms with E-state index in [4.69, 9.17) is 28.4 Å². The molecule has 5 aliphatic heterocycles. The number of piperidine rings is 1. The Morgan fingerprint density at radius 3 is 2.27 bits per heavy atom. The van der Waals surface area contributed by atoms with Gasteiger partial charge in [-0.3, -0.25) is 28.9 Å². The quantitative estimate of drug-likeness (QED) is 0.165. The van der Waals surface area contributed by atoms with Crippen molar-refractivity contribution < 1.29 is 72.5 Å². The van der Waals surface area contributed by atoms with Crippen molar-refractivity contribution in [1.29, 1.82) is 0 Å². The van der Waals surface area contributed by atoms with Gasteiger partial charge in [-0.2, -0.15) is 0 Å². The molecule has 0 aromatic rings. The molecule has 17 atom stereocenters. The average molecular weight is 1030 g/mol. The predicted octanol–water partition coefficient (Wildman–Crippen LogP) is 5.02. The summed E-state index contributed by atoms with van der Waals surface area (Å²) < 4.78 is 35.8. The lowest BCUT2D eigenvalue weighted by Crippen LogP contribution is -2.65. The van der Waals surface area contributed by atoms with Gasteiger partial charge in [0.1, 0.15) is 36.2 Å². The number of esters is 2. The highest BCUT2D eigenvalue weighted by Crippen LogP contribution is 2.46. The highest BCUT2D eigenvalue weighted by molar-refractivity contribution is 6.39. The van der Waals surface area contributed by atoms with E-state index in [0.717, 1.165) is 5.57 Å². The van der Waals surface area contributed by atoms with Gasteiger partial charge in [-0.15, -0.1) is 0 Å². The Kier molecular flexibility index (Phi) is 20.9. The van der Waals surface area contributed by atoms with Gasteiger partial charge < -0.3 is 48.6 Å². The lowest BCUT2D eigenvalue weighted by atomic mass is 9.68. The number of aliphatic hydroxyl groups excluding tert-OH is 2. The minimum atomic E-state index is -2.47. The highest BCUT2D eigenvalue weighted by atomic mass is 16.6. The van der Waals surface area contributed by atoms with Crippen molar-refractivity contribution in [2.75, 3.05) is 47.5 Å². The number of fused-ring (bicyclic) bond motifs is 3. The number of amides is 1. The van der Waals surface area contributed by atoms with Crippen molar-refractivity contribution >= 4 is 35.2 Å². The van der Waals surface area contributed by atoms with E-state index in [0.29, 0.717) is 89.3 Å². The van der Waals surface area contributed by atoms with Crippen molar-refractivity contribution in [2.45, 2.75) is 179 Å². The van der Waals surface area contributed by atoms with E-state index in [-0.39, 0.29) is 42.9 Å². The summed E-state index contributed by atoms with van der Waals surface area (Å²) >= 11 is 0. The second-order valence-corrected chi connectivity index (χ2v) is 22.2. The maximum atomic E-state index is 14.6. The van der Waals surface area contributed by atoms with Crippen LogP contribution in [-0.4, -0.2) is 168 Å². The SMILES string of the molecule is CO[C@H]1C[C@@H]2CC[C@@H](C)[C@@](O)(O2)C(=O)C(=O)N2CCCC3[C@H]2C(=O)O[C@@H](CC(=O)[C@H](C)/C=C(\C)[C@@H](O)[C@@H](OC)C(=O)[C@H](C)C[C@H](C)/C=C/C=C/C=C1C)[C@H]3C[C@@H]1CC[C@@H](OC(=O)CN2CC[C@@H](O)C2)[C@H](OC)C1. The van der Waals surface area contributed by atoms with Crippen molar-refractivity contribution in [3.8, 4) is 0 Å². The Hall–Kier alpha value is -3.94. The molecule has 1 amide bonds. The Bertz CT molecular complexity index is 2090. The Morgan fingerprint density at radius 2 is 1.59 bits per heavy atom. The van der Waals surface area contributed by atoms with E-state index in [1.54, 1.807) is 41.1 Å². The molecule has 6 aliphatic rings. The molecular weight excluding hydrogens is 941 g/mol. The molecule has 0 aromatic heterocycles. The number of hydrogen-bond acceptors (Lipinski definition) is 16. The van der Waals surface area contributed by atoms with E-state index in [9.17, 15) is 44.1 Å². The Labute approximate surface area is 432 Å². The van der Waals surface area contributed by atoms with Crippen LogP contribution in [0.4, 0.5) is 0 Å². The zero-order valence-electron chi connectivity index (χ0n) is 44.7. The van der Waals surface area contributed by atoms with E-state index in [2.05, 4.69) is 0 Å². The largest absolute Gasteiger partial charge is 0.460 e. The number of ketones is 3. The highest BCUT2D eigenvalue weighted by Gasteiger charge is 2.57. The molecule has 1 aliphatic carbocycles. The third-order valence-corrected chi connectivity index (χ3v) is 16.8. The van der Waals surface area contributed by atoms with Gasteiger partial charge in [-0.1, -0.05) is 64.2 Å². The number of methoxy groups -OCH3 is 3. The average Bonchev–Trinajstić information content (AvgIpc) is 3.77. The first-order valence-corrected chi connectivity index (χ1v) is 26.8. The smallest absolute Gasteiger partial charge is 0.329 e. The molecule has 1 unspecified atom stereocenters. The van der Waals surface area contributed by atoms with E-state index in [1.165, 1.54) is 12.0 Å². The second kappa shape index (κ2) is 26.2. The van der Waals surface area contributed by atoms with E-state index < -0.39 is 114 Å². The summed E-state index contributed by atoms with van der Waals surface area (Å²) in [6.07, 6.45) is 10.4. The molecule has 0 spiro atoms. The van der Waals surface area contributed by atoms with Gasteiger partial charge >= 0.3 is 11.9 Å². The first kappa shape index (κ1) is 58.3. The number of β-amino-alcohol motifs (C(OH)–C–C–N with tert-alkyl or cyclic N) is 1. The Balaban J connectivity index is 1.30. The van der Waals surface area contributed by atoms with Crippen LogP contribution in [0.2, 0.25) is 0 Å². The number of ether oxygens (including phenoxy) is 6. The van der Waals surface area contributed by atoms with Crippen LogP contribution in [0.25, 0.3) is 0 Å². The van der Waals surface area contributed by atoms with Gasteiger partial charge in [-0.05, 0) is 107 Å². The predicted molar refractivity (Wildman–Crippen MR) is 269 cm³/mol. The number of nitrogens with zero attached hydrogens (tertiary/aromatic N) is 2. The van der Waals surface area contributed by atoms with Crippen molar-refractivity contribution in [3.05, 3.63) is 47.6 Å². The molecule has 3 N–H and O–H groups in total. The van der Waals surface area contributed by atoms with Crippen molar-refractivity contribution in [3.63, 3.8) is 0 Å². The van der Waals surface area contributed by atoms with Crippen LogP contribution < -0.4 is 0 Å². The van der Waals surface area contributed by atoms with E-state index >= 15 is 0 Å². The van der Waals surface area contributed by atoms with Crippen LogP contribution in [0.5, 0.6) is 0 Å². The van der Waals surface area contributed by atoms with Crippen LogP contribution in [-0.2, 0) is 57.2 Å². The van der Waals surface area contributed by atoms with Crippen molar-refractivity contribution in [2.24, 2.45) is 41.4 Å². The van der Waals surface area contributed by atoms with Gasteiger partial charge in [0.05, 0.1) is 31.0 Å². The number of likely N-dealkylation sites (tertiary alicyclic amines) is 1. The van der Waals surface area contributed by atoms with Crippen molar-refractivity contribution in [1.82, 2.24) is 9.80 Å². The number of rotatable bonds is 8. The fourth-order valence-electron chi connectivity index (χ4n) is 12.4. The maximum Gasteiger partial charge on any atom is 0.329 e. The van der Waals surface area contributed by atoms with Gasteiger partial charge in [0.2, 0.25) is 5.79 Å². The third-order valence-electron chi connectivity index (χ3n) is 16.8. The molecule has 6 bridgehead atoms. The molecular formula is C56H84N2O15. The standard InChI is InChI=1S/C56H84N2O15/c1-32-14-11-10-12-15-33(2)45(68-7)28-40-19-17-37(6)56(67,73-40)53(64)54(65)58-22-13-16-41-42(26-38-18-20-44(47(27-38)69-8)71-48(61)31-57-23-21-39(59)30-57)46(72-55(66)49(41)58)29-43(60)34(3)25-36(5)51(63)52(70-9)50(62)35(4)24-32/h10-12,14-15,25,32,34-35,37-42,44-47,49,51-52,59,63,67H,13,16-24,26-31H2,1-9H3/b12-10+,14-11+,33-15?,36-25+/t32-,34-,35-,37-,38+,39-,40+,41?,42+,44-,45+,46+,47-,49+,51-,52+,56-/m1/s1. The maximum absolute atomic E-state index is 14.6. The minimum Gasteiger partial charge on any atom is -0.460 e. The molecule has 5 heterocycles. The summed E-state index contributed by atoms with van der Waals surface area (Å²) in [5, 5.41) is 33.6. The molecule has 6 rings (SSSR count). The normalized spacial score (nSPS) is 40.9. The molecule has 5 fully saturated rings. The number of carbonyl (C=O) groups excluding carboxylic acids is 6. The summed E-state index contributed by atoms with van der Waals surface area (Å²) in [6, 6.07) is -1.17. The van der Waals surface area contributed by atoms with Crippen LogP contribution >= 0.6 is 0 Å². The van der Waals surface area contributed by atoms with Crippen LogP contribution in [0, 0.1) is 41.4 Å². The second-order valence-electron chi connectivity index (χ2n) is 22.2. The third kappa shape index (κ3) is 14.3. The minimum absolute atomic E-state index is 0.00623. The molecule has 4 saturated heterocycles. The zero-order chi connectivity index (χ0) is 53.3. The topological polar surface area (TPSA) is 225 Å². The number of hydrogen-bond donors (Lipinski definition) is 3. The fourth-order valence-corrected chi connectivity index (χ4v) is 12.4. The van der Waals surface area contributed by atoms with E-state index in [1.807, 2.05) is 56.1 Å². The summed E-state index contributed by atoms with van der Waals surface area (Å²) in [4.78, 5) is 87.8. The molecule has 408 valence electrons. The summed E-state index contributed by atoms with van der Waals surface area (Å²) in [5.74, 6) is -9.27. The number of allylic oxidation sites excluding steroid dienone is 6. The Morgan fingerprint density at radius 1 is 0.836 bits per heavy atom. The molecule has 73 heavy (non-hydrogen) atoms. The number of Topliss-reactive ketones (excluding diaryl/α,β-unsaturated/α-hetero) is 3. The summed E-state index contributed by atoms with van der Waals surface area (Å²) in [5.41, 5.74) is 1.25. The van der Waals surface area contributed by atoms with Gasteiger partial charge in [0, 0.05) is 77.5 Å². The zero-order valence-corrected chi connectivity index (χ0v) is 44.7. The lowest BCUT2D eigenvalue weighted by Gasteiger charge is -2.50. The molecule has 17 nitrogen and oxygen atoms in total. The molecule has 17 heteroatoms. The molecule has 0 aromatic carbocycles. The monoisotopic (exact) mass is 1020 g/mol. The molecule has 0 radical (unpaired) electrons. The summed E-state index contributed by atoms with van der Waals surface area (Å²) in [6.45, 7) is 11.9. The number of carbonyl (C=O) groups is 6. The summed E-state index contributed by atoms with van der Waals surface area (Å²) in [7, 11) is 4.52.